The van der Waals surface area contributed by atoms with Crippen molar-refractivity contribution in [2.75, 3.05) is 0 Å². The monoisotopic (exact) mass is 342 g/mol. The first-order valence-corrected chi connectivity index (χ1v) is 6.17. The summed E-state index contributed by atoms with van der Waals surface area (Å²) in [7, 11) is 0. The minimum absolute atomic E-state index is 0.112. The van der Waals surface area contributed by atoms with Crippen LogP contribution < -0.4 is 5.32 Å². The second-order valence-electron chi connectivity index (χ2n) is 3.55. The Kier molecular flexibility index (Phi) is 3.72. The van der Waals surface area contributed by atoms with E-state index < -0.39 is 0 Å². The Bertz CT molecular complexity index is 512. The van der Waals surface area contributed by atoms with Gasteiger partial charge in [0.15, 0.2) is 0 Å². The maximum atomic E-state index is 12.0. The van der Waals surface area contributed by atoms with Crippen molar-refractivity contribution in [3.8, 4) is 0 Å². The predicted molar refractivity (Wildman–Crippen MR) is 71.4 cm³/mol. The third-order valence-corrected chi connectivity index (χ3v) is 3.25. The second kappa shape index (κ2) is 5.26. The van der Waals surface area contributed by atoms with Crippen LogP contribution in [-0.2, 0) is 0 Å². The molecule has 6 heteroatoms. The summed E-state index contributed by atoms with van der Waals surface area (Å²) < 4.78 is 0.923. The first kappa shape index (κ1) is 12.0. The lowest BCUT2D eigenvalue weighted by Crippen LogP contribution is -2.28. The van der Waals surface area contributed by atoms with Crippen molar-refractivity contribution in [2.45, 2.75) is 13.0 Å². The third-order valence-electron chi connectivity index (χ3n) is 2.31. The van der Waals surface area contributed by atoms with Gasteiger partial charge in [0, 0.05) is 3.57 Å². The number of rotatable bonds is 3. The van der Waals surface area contributed by atoms with Crippen LogP contribution in [-0.4, -0.2) is 21.1 Å². The standard InChI is InChI=1S/C11H11IN4O/c1-7(10-13-6-14-16-10)15-11(17)8-4-2-3-5-9(8)12/h2-7H,1H3,(H,15,17)(H,13,14,16). The van der Waals surface area contributed by atoms with Crippen LogP contribution in [0.1, 0.15) is 29.1 Å². The summed E-state index contributed by atoms with van der Waals surface area (Å²) in [4.78, 5) is 16.0. The fourth-order valence-electron chi connectivity index (χ4n) is 1.41. The summed E-state index contributed by atoms with van der Waals surface area (Å²) in [6.45, 7) is 1.86. The van der Waals surface area contributed by atoms with Crippen LogP contribution in [0.15, 0.2) is 30.6 Å². The van der Waals surface area contributed by atoms with Gasteiger partial charge in [0.2, 0.25) is 0 Å². The first-order valence-electron chi connectivity index (χ1n) is 5.09. The van der Waals surface area contributed by atoms with Crippen LogP contribution in [0.25, 0.3) is 0 Å². The van der Waals surface area contributed by atoms with Gasteiger partial charge in [0.1, 0.15) is 12.2 Å². The molecule has 0 aliphatic carbocycles. The highest BCUT2D eigenvalue weighted by molar-refractivity contribution is 14.1. The van der Waals surface area contributed by atoms with Gasteiger partial charge in [-0.2, -0.15) is 5.10 Å². The van der Waals surface area contributed by atoms with Crippen molar-refractivity contribution in [3.05, 3.63) is 45.6 Å². The van der Waals surface area contributed by atoms with E-state index in [1.165, 1.54) is 6.33 Å². The Hall–Kier alpha value is -1.44. The summed E-state index contributed by atoms with van der Waals surface area (Å²) >= 11 is 2.14. The molecule has 0 saturated heterocycles. The van der Waals surface area contributed by atoms with Crippen LogP contribution in [0, 0.1) is 3.57 Å². The summed E-state index contributed by atoms with van der Waals surface area (Å²) in [6, 6.07) is 7.24. The predicted octanol–water partition coefficient (Wildman–Crippen LogP) is 1.90. The van der Waals surface area contributed by atoms with Gasteiger partial charge in [-0.1, -0.05) is 12.1 Å². The Morgan fingerprint density at radius 2 is 2.24 bits per heavy atom. The van der Waals surface area contributed by atoms with Gasteiger partial charge in [-0.25, -0.2) is 4.98 Å². The van der Waals surface area contributed by atoms with E-state index in [2.05, 4.69) is 43.1 Å². The molecule has 0 fully saturated rings. The molecular formula is C11H11IN4O. The molecule has 1 heterocycles. The molecule has 0 saturated carbocycles. The second-order valence-corrected chi connectivity index (χ2v) is 4.71. The topological polar surface area (TPSA) is 70.7 Å². The molecule has 1 atom stereocenters. The zero-order valence-corrected chi connectivity index (χ0v) is 11.3. The number of hydrogen-bond acceptors (Lipinski definition) is 3. The number of amides is 1. The van der Waals surface area contributed by atoms with Gasteiger partial charge in [-0.3, -0.25) is 9.89 Å². The van der Waals surface area contributed by atoms with Crippen LogP contribution >= 0.6 is 22.6 Å². The maximum absolute atomic E-state index is 12.0. The van der Waals surface area contributed by atoms with Crippen molar-refractivity contribution in [1.82, 2.24) is 20.5 Å². The number of aromatic amines is 1. The van der Waals surface area contributed by atoms with E-state index in [-0.39, 0.29) is 11.9 Å². The molecule has 2 N–H and O–H groups in total. The molecular weight excluding hydrogens is 331 g/mol. The molecule has 1 aromatic heterocycles. The van der Waals surface area contributed by atoms with E-state index in [4.69, 9.17) is 0 Å². The molecule has 0 bridgehead atoms. The number of benzene rings is 1. The molecule has 0 aliphatic heterocycles. The SMILES string of the molecule is CC(NC(=O)c1ccccc1I)c1ncn[nH]1. The zero-order chi connectivity index (χ0) is 12.3. The Balaban J connectivity index is 2.10. The van der Waals surface area contributed by atoms with E-state index in [0.717, 1.165) is 3.57 Å². The minimum Gasteiger partial charge on any atom is -0.342 e. The highest BCUT2D eigenvalue weighted by Crippen LogP contribution is 2.13. The van der Waals surface area contributed by atoms with Gasteiger partial charge in [0.25, 0.3) is 5.91 Å². The number of carbonyl (C=O) groups is 1. The first-order chi connectivity index (χ1) is 8.18. The Morgan fingerprint density at radius 3 is 2.88 bits per heavy atom. The summed E-state index contributed by atoms with van der Waals surface area (Å²) in [6.07, 6.45) is 1.42. The number of nitrogens with zero attached hydrogens (tertiary/aromatic N) is 2. The average Bonchev–Trinajstić information content (AvgIpc) is 2.82. The van der Waals surface area contributed by atoms with Crippen molar-refractivity contribution in [3.63, 3.8) is 0 Å². The highest BCUT2D eigenvalue weighted by atomic mass is 127. The molecule has 17 heavy (non-hydrogen) atoms. The quantitative estimate of drug-likeness (QED) is 0.837. The van der Waals surface area contributed by atoms with Crippen molar-refractivity contribution in [1.29, 1.82) is 0 Å². The van der Waals surface area contributed by atoms with Crippen LogP contribution in [0.2, 0.25) is 0 Å². The number of nitrogens with one attached hydrogen (secondary N) is 2. The molecule has 0 aliphatic rings. The molecule has 2 aromatic rings. The van der Waals surface area contributed by atoms with E-state index in [9.17, 15) is 4.79 Å². The van der Waals surface area contributed by atoms with Crippen LogP contribution in [0.4, 0.5) is 0 Å². The minimum atomic E-state index is -0.194. The number of carbonyl (C=O) groups excluding carboxylic acids is 1. The fourth-order valence-corrected chi connectivity index (χ4v) is 2.04. The molecule has 0 radical (unpaired) electrons. The maximum Gasteiger partial charge on any atom is 0.252 e. The van der Waals surface area contributed by atoms with Crippen molar-refractivity contribution < 1.29 is 4.79 Å². The normalized spacial score (nSPS) is 12.1. The highest BCUT2D eigenvalue weighted by Gasteiger charge is 2.14. The van der Waals surface area contributed by atoms with E-state index in [0.29, 0.717) is 11.4 Å². The third kappa shape index (κ3) is 2.82. The number of hydrogen-bond donors (Lipinski definition) is 2. The largest absolute Gasteiger partial charge is 0.342 e. The lowest BCUT2D eigenvalue weighted by Gasteiger charge is -2.11. The van der Waals surface area contributed by atoms with Gasteiger partial charge in [0.05, 0.1) is 11.6 Å². The molecule has 5 nitrogen and oxygen atoms in total. The molecule has 1 unspecified atom stereocenters. The Morgan fingerprint density at radius 1 is 1.47 bits per heavy atom. The number of halogens is 1. The molecule has 1 amide bonds. The van der Waals surface area contributed by atoms with Gasteiger partial charge >= 0.3 is 0 Å². The smallest absolute Gasteiger partial charge is 0.252 e. The molecule has 2 rings (SSSR count). The van der Waals surface area contributed by atoms with Gasteiger partial charge in [-0.15, -0.1) is 0 Å². The zero-order valence-electron chi connectivity index (χ0n) is 9.14. The van der Waals surface area contributed by atoms with E-state index in [1.54, 1.807) is 6.07 Å². The number of aromatic nitrogens is 3. The van der Waals surface area contributed by atoms with Crippen molar-refractivity contribution >= 4 is 28.5 Å². The van der Waals surface area contributed by atoms with Gasteiger partial charge in [-0.05, 0) is 41.6 Å². The van der Waals surface area contributed by atoms with E-state index in [1.807, 2.05) is 25.1 Å². The average molecular weight is 342 g/mol. The Labute approximate surface area is 112 Å². The molecule has 88 valence electrons. The lowest BCUT2D eigenvalue weighted by atomic mass is 10.2. The summed E-state index contributed by atoms with van der Waals surface area (Å²) in [5.41, 5.74) is 0.666. The van der Waals surface area contributed by atoms with Crippen LogP contribution in [0.5, 0.6) is 0 Å². The van der Waals surface area contributed by atoms with Crippen molar-refractivity contribution in [2.24, 2.45) is 0 Å². The van der Waals surface area contributed by atoms with Gasteiger partial charge < -0.3 is 5.32 Å². The summed E-state index contributed by atoms with van der Waals surface area (Å²) in [5, 5.41) is 9.34. The van der Waals surface area contributed by atoms with Crippen LogP contribution in [0.3, 0.4) is 0 Å². The molecule has 1 aromatic carbocycles. The summed E-state index contributed by atoms with van der Waals surface area (Å²) in [5.74, 6) is 0.531. The fraction of sp³-hybridized carbons (Fsp3) is 0.182. The molecule has 0 spiro atoms. The van der Waals surface area contributed by atoms with E-state index >= 15 is 0 Å². The number of H-pyrrole nitrogens is 1. The lowest BCUT2D eigenvalue weighted by molar-refractivity contribution is 0.0937.